The molecule has 0 spiro atoms. The van der Waals surface area contributed by atoms with Gasteiger partial charge >= 0.3 is 11.9 Å². The van der Waals surface area contributed by atoms with E-state index in [0.717, 1.165) is 10.8 Å². The van der Waals surface area contributed by atoms with Crippen LogP contribution >= 0.6 is 0 Å². The van der Waals surface area contributed by atoms with E-state index in [2.05, 4.69) is 15.0 Å². The van der Waals surface area contributed by atoms with E-state index in [-0.39, 0.29) is 13.0 Å². The number of esters is 1. The molecular formula is C14H14N2O4. The summed E-state index contributed by atoms with van der Waals surface area (Å²) in [5.74, 6) is -0.755. The highest BCUT2D eigenvalue weighted by Gasteiger charge is 2.09. The van der Waals surface area contributed by atoms with Crippen LogP contribution in [0.4, 0.5) is 5.82 Å². The normalized spacial score (nSPS) is 10.2. The number of carboxylic acids is 1. The number of hydrogen-bond donors (Lipinski definition) is 2. The van der Waals surface area contributed by atoms with Crippen molar-refractivity contribution in [3.63, 3.8) is 0 Å². The second-order valence-corrected chi connectivity index (χ2v) is 4.16. The van der Waals surface area contributed by atoms with E-state index in [1.54, 1.807) is 24.4 Å². The number of ether oxygens (including phenoxy) is 1. The quantitative estimate of drug-likeness (QED) is 0.810. The topological polar surface area (TPSA) is 88.5 Å². The molecule has 0 bridgehead atoms. The number of carboxylic acid groups (broad SMARTS) is 1. The van der Waals surface area contributed by atoms with Gasteiger partial charge in [0.05, 0.1) is 19.1 Å². The number of carbonyl (C=O) groups excluding carboxylic acids is 1. The zero-order chi connectivity index (χ0) is 14.5. The number of carbonyl (C=O) groups is 2. The zero-order valence-corrected chi connectivity index (χ0v) is 10.9. The summed E-state index contributed by atoms with van der Waals surface area (Å²) in [4.78, 5) is 26.2. The Hall–Kier alpha value is -2.63. The van der Waals surface area contributed by atoms with Crippen molar-refractivity contribution in [1.82, 2.24) is 4.98 Å². The predicted octanol–water partition coefficient (Wildman–Crippen LogP) is 1.91. The first-order chi connectivity index (χ1) is 9.61. The molecule has 2 aromatic rings. The van der Waals surface area contributed by atoms with Crippen molar-refractivity contribution in [2.45, 2.75) is 6.42 Å². The third kappa shape index (κ3) is 3.03. The minimum Gasteiger partial charge on any atom is -0.481 e. The van der Waals surface area contributed by atoms with Gasteiger partial charge in [-0.2, -0.15) is 0 Å². The molecule has 0 aliphatic heterocycles. The van der Waals surface area contributed by atoms with Gasteiger partial charge in [-0.1, -0.05) is 6.07 Å². The maximum atomic E-state index is 11.5. The zero-order valence-electron chi connectivity index (χ0n) is 10.9. The Bertz CT molecular complexity index is 655. The second-order valence-electron chi connectivity index (χ2n) is 4.16. The summed E-state index contributed by atoms with van der Waals surface area (Å²) in [6, 6.07) is 6.97. The molecule has 0 amide bonds. The van der Waals surface area contributed by atoms with Crippen LogP contribution in [0.5, 0.6) is 0 Å². The number of nitrogens with one attached hydrogen (secondary N) is 1. The smallest absolute Gasteiger partial charge is 0.337 e. The van der Waals surface area contributed by atoms with Crippen molar-refractivity contribution in [2.75, 3.05) is 19.0 Å². The van der Waals surface area contributed by atoms with Crippen molar-refractivity contribution >= 4 is 28.5 Å². The standard InChI is InChI=1S/C14H14N2O4/c1-20-14(19)10-3-2-9-4-6-15-13(11(9)8-10)16-7-5-12(17)18/h2-4,6,8H,5,7H2,1H3,(H,15,16)(H,17,18). The van der Waals surface area contributed by atoms with Gasteiger partial charge in [-0.05, 0) is 23.6 Å². The van der Waals surface area contributed by atoms with E-state index in [9.17, 15) is 9.59 Å². The summed E-state index contributed by atoms with van der Waals surface area (Å²) in [5.41, 5.74) is 0.425. The molecule has 2 rings (SSSR count). The molecule has 6 heteroatoms. The monoisotopic (exact) mass is 274 g/mol. The Morgan fingerprint density at radius 3 is 2.85 bits per heavy atom. The Morgan fingerprint density at radius 2 is 2.15 bits per heavy atom. The number of fused-ring (bicyclic) bond motifs is 1. The van der Waals surface area contributed by atoms with Gasteiger partial charge in [0, 0.05) is 18.1 Å². The average molecular weight is 274 g/mol. The molecular weight excluding hydrogens is 260 g/mol. The van der Waals surface area contributed by atoms with E-state index >= 15 is 0 Å². The lowest BCUT2D eigenvalue weighted by Crippen LogP contribution is -2.09. The maximum Gasteiger partial charge on any atom is 0.337 e. The number of methoxy groups -OCH3 is 1. The first-order valence-electron chi connectivity index (χ1n) is 6.04. The van der Waals surface area contributed by atoms with Crippen LogP contribution in [0.15, 0.2) is 30.5 Å². The Balaban J connectivity index is 2.33. The number of aliphatic carboxylic acids is 1. The number of rotatable bonds is 5. The molecule has 0 unspecified atom stereocenters. The molecule has 0 fully saturated rings. The minimum atomic E-state index is -0.881. The van der Waals surface area contributed by atoms with Crippen molar-refractivity contribution in [3.8, 4) is 0 Å². The molecule has 6 nitrogen and oxygen atoms in total. The average Bonchev–Trinajstić information content (AvgIpc) is 2.46. The summed E-state index contributed by atoms with van der Waals surface area (Å²) < 4.78 is 4.68. The molecule has 0 aliphatic carbocycles. The highest BCUT2D eigenvalue weighted by atomic mass is 16.5. The summed E-state index contributed by atoms with van der Waals surface area (Å²) in [6.45, 7) is 0.268. The first kappa shape index (κ1) is 13.8. The van der Waals surface area contributed by atoms with Crippen LogP contribution in [0.2, 0.25) is 0 Å². The highest BCUT2D eigenvalue weighted by molar-refractivity contribution is 5.99. The molecule has 104 valence electrons. The van der Waals surface area contributed by atoms with E-state index in [0.29, 0.717) is 11.4 Å². The van der Waals surface area contributed by atoms with Gasteiger partial charge in [-0.15, -0.1) is 0 Å². The number of hydrogen-bond acceptors (Lipinski definition) is 5. The molecule has 0 saturated heterocycles. The molecule has 0 radical (unpaired) electrons. The van der Waals surface area contributed by atoms with Gasteiger partial charge in [0.2, 0.25) is 0 Å². The van der Waals surface area contributed by atoms with Crippen molar-refractivity contribution < 1.29 is 19.4 Å². The Morgan fingerprint density at radius 1 is 1.35 bits per heavy atom. The fraction of sp³-hybridized carbons (Fsp3) is 0.214. The molecule has 0 aliphatic rings. The third-order valence-corrected chi connectivity index (χ3v) is 2.82. The van der Waals surface area contributed by atoms with Gasteiger partial charge < -0.3 is 15.2 Å². The van der Waals surface area contributed by atoms with Crippen molar-refractivity contribution in [2.24, 2.45) is 0 Å². The Kier molecular flexibility index (Phi) is 4.14. The third-order valence-electron chi connectivity index (χ3n) is 2.82. The van der Waals surface area contributed by atoms with E-state index < -0.39 is 11.9 Å². The number of nitrogens with zero attached hydrogens (tertiary/aromatic N) is 1. The molecule has 2 N–H and O–H groups in total. The van der Waals surface area contributed by atoms with Gasteiger partial charge in [0.1, 0.15) is 5.82 Å². The van der Waals surface area contributed by atoms with E-state index in [1.807, 2.05) is 6.07 Å². The lowest BCUT2D eigenvalue weighted by atomic mass is 10.1. The highest BCUT2D eigenvalue weighted by Crippen LogP contribution is 2.22. The molecule has 0 saturated carbocycles. The number of pyridine rings is 1. The van der Waals surface area contributed by atoms with Gasteiger partial charge in [0.15, 0.2) is 0 Å². The van der Waals surface area contributed by atoms with Crippen LogP contribution in [-0.2, 0) is 9.53 Å². The van der Waals surface area contributed by atoms with Crippen LogP contribution in [0.25, 0.3) is 10.8 Å². The fourth-order valence-corrected chi connectivity index (χ4v) is 1.84. The SMILES string of the molecule is COC(=O)c1ccc2ccnc(NCCC(=O)O)c2c1. The number of aromatic nitrogens is 1. The predicted molar refractivity (Wildman–Crippen MR) is 73.8 cm³/mol. The van der Waals surface area contributed by atoms with Crippen LogP contribution < -0.4 is 5.32 Å². The van der Waals surface area contributed by atoms with Gasteiger partial charge in [-0.3, -0.25) is 4.79 Å². The first-order valence-corrected chi connectivity index (χ1v) is 6.04. The molecule has 1 heterocycles. The van der Waals surface area contributed by atoms with Crippen molar-refractivity contribution in [1.29, 1.82) is 0 Å². The second kappa shape index (κ2) is 6.01. The number of anilines is 1. The summed E-state index contributed by atoms with van der Waals surface area (Å²) in [6.07, 6.45) is 1.62. The van der Waals surface area contributed by atoms with Gasteiger partial charge in [-0.25, -0.2) is 9.78 Å². The lowest BCUT2D eigenvalue weighted by Gasteiger charge is -2.08. The Labute approximate surface area is 115 Å². The maximum absolute atomic E-state index is 11.5. The summed E-state index contributed by atoms with van der Waals surface area (Å²) >= 11 is 0. The van der Waals surface area contributed by atoms with E-state index in [4.69, 9.17) is 5.11 Å². The van der Waals surface area contributed by atoms with Gasteiger partial charge in [0.25, 0.3) is 0 Å². The molecule has 1 aromatic carbocycles. The van der Waals surface area contributed by atoms with Crippen LogP contribution in [0.3, 0.4) is 0 Å². The minimum absolute atomic E-state index is 0.00520. The lowest BCUT2D eigenvalue weighted by molar-refractivity contribution is -0.136. The van der Waals surface area contributed by atoms with Crippen molar-refractivity contribution in [3.05, 3.63) is 36.0 Å². The van der Waals surface area contributed by atoms with Crippen LogP contribution in [-0.4, -0.2) is 35.7 Å². The molecule has 20 heavy (non-hydrogen) atoms. The van der Waals surface area contributed by atoms with Crippen LogP contribution in [0.1, 0.15) is 16.8 Å². The fourth-order valence-electron chi connectivity index (χ4n) is 1.84. The van der Waals surface area contributed by atoms with E-state index in [1.165, 1.54) is 7.11 Å². The summed E-state index contributed by atoms with van der Waals surface area (Å²) in [7, 11) is 1.32. The molecule has 1 aromatic heterocycles. The number of benzene rings is 1. The molecule has 0 atom stereocenters. The largest absolute Gasteiger partial charge is 0.481 e. The summed E-state index contributed by atoms with van der Waals surface area (Å²) in [5, 5.41) is 13.2. The van der Waals surface area contributed by atoms with Crippen LogP contribution in [0, 0.1) is 0 Å².